The highest BCUT2D eigenvalue weighted by Crippen LogP contribution is 2.28. The van der Waals surface area contributed by atoms with Gasteiger partial charge in [-0.2, -0.15) is 4.98 Å². The van der Waals surface area contributed by atoms with Gasteiger partial charge in [-0.05, 0) is 59.7 Å². The molecule has 0 spiro atoms. The van der Waals surface area contributed by atoms with Crippen LogP contribution in [0.15, 0.2) is 71.8 Å². The Hall–Kier alpha value is -3.98. The SMILES string of the molecule is CCS(=O)(=O)c1ccc(C)c(Nc2nccc(Oc3ccc4c(C(=O)O)cccc4c3)n2)c1. The van der Waals surface area contributed by atoms with Crippen LogP contribution in [0.1, 0.15) is 22.8 Å². The first-order chi connectivity index (χ1) is 15.8. The topological polar surface area (TPSA) is 118 Å². The van der Waals surface area contributed by atoms with Gasteiger partial charge in [0.1, 0.15) is 5.75 Å². The van der Waals surface area contributed by atoms with E-state index < -0.39 is 15.8 Å². The van der Waals surface area contributed by atoms with Crippen molar-refractivity contribution in [1.82, 2.24) is 9.97 Å². The number of carboxylic acids is 1. The number of aromatic nitrogens is 2. The summed E-state index contributed by atoms with van der Waals surface area (Å²) in [4.78, 5) is 20.2. The van der Waals surface area contributed by atoms with Gasteiger partial charge in [0.2, 0.25) is 11.8 Å². The first kappa shape index (κ1) is 22.2. The second kappa shape index (κ2) is 8.87. The summed E-state index contributed by atoms with van der Waals surface area (Å²) in [5.74, 6) is 0.0234. The Kier molecular flexibility index (Phi) is 5.97. The molecule has 0 aliphatic carbocycles. The summed E-state index contributed by atoms with van der Waals surface area (Å²) >= 11 is 0. The molecule has 168 valence electrons. The monoisotopic (exact) mass is 463 g/mol. The fraction of sp³-hybridized carbons (Fsp3) is 0.125. The maximum absolute atomic E-state index is 12.2. The van der Waals surface area contributed by atoms with Crippen LogP contribution >= 0.6 is 0 Å². The number of aryl methyl sites for hydroxylation is 1. The molecule has 0 bridgehead atoms. The van der Waals surface area contributed by atoms with Crippen molar-refractivity contribution in [1.29, 1.82) is 0 Å². The normalized spacial score (nSPS) is 11.3. The summed E-state index contributed by atoms with van der Waals surface area (Å²) in [5, 5.41) is 13.7. The van der Waals surface area contributed by atoms with Gasteiger partial charge in [-0.15, -0.1) is 0 Å². The molecule has 4 rings (SSSR count). The minimum Gasteiger partial charge on any atom is -0.478 e. The highest BCUT2D eigenvalue weighted by atomic mass is 32.2. The maximum Gasteiger partial charge on any atom is 0.336 e. The summed E-state index contributed by atoms with van der Waals surface area (Å²) in [5.41, 5.74) is 1.63. The maximum atomic E-state index is 12.2. The molecule has 0 fully saturated rings. The number of nitrogens with zero attached hydrogens (tertiary/aromatic N) is 2. The molecule has 0 saturated carbocycles. The largest absolute Gasteiger partial charge is 0.478 e. The minimum absolute atomic E-state index is 0.00897. The van der Waals surface area contributed by atoms with E-state index in [4.69, 9.17) is 4.74 Å². The molecule has 0 aliphatic heterocycles. The lowest BCUT2D eigenvalue weighted by Crippen LogP contribution is -2.06. The molecule has 1 heterocycles. The lowest BCUT2D eigenvalue weighted by Gasteiger charge is -2.12. The molecular formula is C24H21N3O5S. The zero-order chi connectivity index (χ0) is 23.6. The van der Waals surface area contributed by atoms with E-state index in [-0.39, 0.29) is 28.0 Å². The Morgan fingerprint density at radius 2 is 1.91 bits per heavy atom. The first-order valence-electron chi connectivity index (χ1n) is 10.1. The van der Waals surface area contributed by atoms with Crippen LogP contribution in [0.2, 0.25) is 0 Å². The molecule has 4 aromatic rings. The van der Waals surface area contributed by atoms with Gasteiger partial charge >= 0.3 is 5.97 Å². The van der Waals surface area contributed by atoms with Crippen molar-refractivity contribution in [3.8, 4) is 11.6 Å². The van der Waals surface area contributed by atoms with Crippen LogP contribution in [-0.2, 0) is 9.84 Å². The zero-order valence-electron chi connectivity index (χ0n) is 17.9. The number of sulfone groups is 1. The minimum atomic E-state index is -3.35. The number of fused-ring (bicyclic) bond motifs is 1. The number of carbonyl (C=O) groups is 1. The fourth-order valence-corrected chi connectivity index (χ4v) is 4.21. The number of hydrogen-bond donors (Lipinski definition) is 2. The van der Waals surface area contributed by atoms with Crippen molar-refractivity contribution in [2.45, 2.75) is 18.7 Å². The number of aromatic carboxylic acids is 1. The molecule has 8 nitrogen and oxygen atoms in total. The Labute approximate surface area is 190 Å². The zero-order valence-corrected chi connectivity index (χ0v) is 18.8. The van der Waals surface area contributed by atoms with Gasteiger partial charge < -0.3 is 15.2 Å². The number of carboxylic acid groups (broad SMARTS) is 1. The summed E-state index contributed by atoms with van der Waals surface area (Å²) in [6.45, 7) is 3.45. The molecular weight excluding hydrogens is 442 g/mol. The third kappa shape index (κ3) is 4.78. The quantitative estimate of drug-likeness (QED) is 0.394. The van der Waals surface area contributed by atoms with Gasteiger partial charge in [0.15, 0.2) is 9.84 Å². The lowest BCUT2D eigenvalue weighted by atomic mass is 10.0. The van der Waals surface area contributed by atoms with Crippen LogP contribution in [0.5, 0.6) is 11.6 Å². The van der Waals surface area contributed by atoms with E-state index in [0.29, 0.717) is 16.8 Å². The Balaban J connectivity index is 1.59. The highest BCUT2D eigenvalue weighted by molar-refractivity contribution is 7.91. The molecule has 0 aliphatic rings. The van der Waals surface area contributed by atoms with Crippen molar-refractivity contribution in [2.75, 3.05) is 11.1 Å². The molecule has 1 aromatic heterocycles. The number of hydrogen-bond acceptors (Lipinski definition) is 7. The van der Waals surface area contributed by atoms with Gasteiger partial charge in [0.25, 0.3) is 0 Å². The third-order valence-corrected chi connectivity index (χ3v) is 6.86. The molecule has 3 aromatic carbocycles. The molecule has 0 radical (unpaired) electrons. The number of benzene rings is 3. The summed E-state index contributed by atoms with van der Waals surface area (Å²) in [6.07, 6.45) is 1.52. The van der Waals surface area contributed by atoms with Gasteiger partial charge in [-0.3, -0.25) is 0 Å². The lowest BCUT2D eigenvalue weighted by molar-refractivity contribution is 0.0699. The van der Waals surface area contributed by atoms with E-state index in [2.05, 4.69) is 15.3 Å². The predicted molar refractivity (Wildman–Crippen MR) is 125 cm³/mol. The third-order valence-electron chi connectivity index (χ3n) is 5.13. The smallest absolute Gasteiger partial charge is 0.336 e. The Morgan fingerprint density at radius 3 is 2.67 bits per heavy atom. The van der Waals surface area contributed by atoms with Crippen LogP contribution in [0.4, 0.5) is 11.6 Å². The van der Waals surface area contributed by atoms with Gasteiger partial charge in [0, 0.05) is 18.0 Å². The van der Waals surface area contributed by atoms with E-state index in [9.17, 15) is 18.3 Å². The van der Waals surface area contributed by atoms with Gasteiger partial charge in [0.05, 0.1) is 16.2 Å². The van der Waals surface area contributed by atoms with E-state index >= 15 is 0 Å². The van der Waals surface area contributed by atoms with E-state index in [1.165, 1.54) is 6.20 Å². The van der Waals surface area contributed by atoms with Crippen LogP contribution < -0.4 is 10.1 Å². The van der Waals surface area contributed by atoms with E-state index in [0.717, 1.165) is 10.9 Å². The number of nitrogens with one attached hydrogen (secondary N) is 1. The highest BCUT2D eigenvalue weighted by Gasteiger charge is 2.14. The van der Waals surface area contributed by atoms with Crippen molar-refractivity contribution in [3.63, 3.8) is 0 Å². The van der Waals surface area contributed by atoms with Crippen molar-refractivity contribution in [3.05, 3.63) is 78.0 Å². The number of rotatable bonds is 7. The predicted octanol–water partition coefficient (Wildman–Crippen LogP) is 4.97. The van der Waals surface area contributed by atoms with Crippen LogP contribution in [-0.4, -0.2) is 35.2 Å². The van der Waals surface area contributed by atoms with Crippen LogP contribution in [0.3, 0.4) is 0 Å². The molecule has 0 saturated heterocycles. The Morgan fingerprint density at radius 1 is 1.09 bits per heavy atom. The summed E-state index contributed by atoms with van der Waals surface area (Å²) < 4.78 is 30.3. The number of ether oxygens (including phenoxy) is 1. The first-order valence-corrected chi connectivity index (χ1v) is 11.8. The van der Waals surface area contributed by atoms with Crippen LogP contribution in [0, 0.1) is 6.92 Å². The van der Waals surface area contributed by atoms with Gasteiger partial charge in [-0.1, -0.05) is 25.1 Å². The van der Waals surface area contributed by atoms with E-state index in [1.54, 1.807) is 61.5 Å². The molecule has 9 heteroatoms. The molecule has 0 amide bonds. The second-order valence-corrected chi connectivity index (χ2v) is 9.60. The molecule has 0 atom stereocenters. The standard InChI is InChI=1S/C24H21N3O5S/c1-3-33(30,31)18-9-7-15(2)21(14-18)26-24-25-12-11-22(27-24)32-17-8-10-19-16(13-17)5-4-6-20(19)23(28)29/h4-14H,3H2,1-2H3,(H,28,29)(H,25,26,27). The molecule has 2 N–H and O–H groups in total. The van der Waals surface area contributed by atoms with Crippen molar-refractivity contribution >= 4 is 38.2 Å². The fourth-order valence-electron chi connectivity index (χ4n) is 3.31. The van der Waals surface area contributed by atoms with E-state index in [1.807, 2.05) is 13.0 Å². The second-order valence-electron chi connectivity index (χ2n) is 7.32. The average molecular weight is 464 g/mol. The Bertz CT molecular complexity index is 1470. The van der Waals surface area contributed by atoms with Crippen molar-refractivity contribution < 1.29 is 23.1 Å². The summed E-state index contributed by atoms with van der Waals surface area (Å²) in [7, 11) is -3.35. The average Bonchev–Trinajstić information content (AvgIpc) is 2.80. The van der Waals surface area contributed by atoms with Gasteiger partial charge in [-0.25, -0.2) is 18.2 Å². The molecule has 33 heavy (non-hydrogen) atoms. The number of anilines is 2. The molecule has 0 unspecified atom stereocenters. The van der Waals surface area contributed by atoms with Crippen LogP contribution in [0.25, 0.3) is 10.8 Å². The summed E-state index contributed by atoms with van der Waals surface area (Å²) in [6, 6.07) is 16.6. The van der Waals surface area contributed by atoms with Crippen molar-refractivity contribution in [2.24, 2.45) is 0 Å².